The summed E-state index contributed by atoms with van der Waals surface area (Å²) in [6, 6.07) is 5.70. The highest BCUT2D eigenvalue weighted by Gasteiger charge is 2.37. The topological polar surface area (TPSA) is 69.6 Å². The lowest BCUT2D eigenvalue weighted by Crippen LogP contribution is -2.46. The molecular weight excluding hydrogens is 306 g/mol. The highest BCUT2D eigenvalue weighted by Crippen LogP contribution is 2.34. The third-order valence-corrected chi connectivity index (χ3v) is 4.20. The number of benzene rings is 1. The molecule has 1 aromatic carbocycles. The fourth-order valence-electron chi connectivity index (χ4n) is 2.65. The van der Waals surface area contributed by atoms with Gasteiger partial charge in [-0.05, 0) is 30.5 Å². The van der Waals surface area contributed by atoms with E-state index in [1.54, 1.807) is 19.2 Å². The highest BCUT2D eigenvalue weighted by atomic mass is 19.3. The summed E-state index contributed by atoms with van der Waals surface area (Å²) in [7, 11) is 1.61. The third kappa shape index (κ3) is 4.64. The van der Waals surface area contributed by atoms with E-state index in [9.17, 15) is 18.4 Å². The zero-order valence-electron chi connectivity index (χ0n) is 12.9. The molecule has 126 valence electrons. The Labute approximate surface area is 133 Å². The molecule has 1 saturated carbocycles. The van der Waals surface area contributed by atoms with Crippen LogP contribution in [0.1, 0.15) is 41.6 Å². The van der Waals surface area contributed by atoms with Gasteiger partial charge < -0.3 is 15.3 Å². The van der Waals surface area contributed by atoms with E-state index in [0.29, 0.717) is 12.8 Å². The van der Waals surface area contributed by atoms with Crippen molar-refractivity contribution in [2.45, 2.75) is 44.2 Å². The minimum Gasteiger partial charge on any atom is -0.478 e. The number of carboxylic acid groups (broad SMARTS) is 1. The Hall–Kier alpha value is -2.18. The number of hydrogen-bond donors (Lipinski definition) is 2. The summed E-state index contributed by atoms with van der Waals surface area (Å²) >= 11 is 0. The monoisotopic (exact) mass is 326 g/mol. The fraction of sp³-hybridized carbons (Fsp3) is 0.500. The number of aromatic carboxylic acids is 1. The van der Waals surface area contributed by atoms with Gasteiger partial charge in [0.25, 0.3) is 0 Å². The van der Waals surface area contributed by atoms with Crippen molar-refractivity contribution in [1.82, 2.24) is 10.2 Å². The zero-order chi connectivity index (χ0) is 17.0. The van der Waals surface area contributed by atoms with E-state index in [-0.39, 0.29) is 37.0 Å². The predicted octanol–water partition coefficient (Wildman–Crippen LogP) is 3.10. The lowest BCUT2D eigenvalue weighted by Gasteiger charge is -2.34. The lowest BCUT2D eigenvalue weighted by molar-refractivity contribution is -0.0478. The van der Waals surface area contributed by atoms with Crippen LogP contribution in [0, 0.1) is 0 Å². The van der Waals surface area contributed by atoms with Crippen LogP contribution < -0.4 is 5.32 Å². The Morgan fingerprint density at radius 1 is 1.26 bits per heavy atom. The number of halogens is 2. The summed E-state index contributed by atoms with van der Waals surface area (Å²) in [5, 5.41) is 11.5. The van der Waals surface area contributed by atoms with Crippen molar-refractivity contribution in [3.05, 3.63) is 35.4 Å². The molecule has 7 heteroatoms. The van der Waals surface area contributed by atoms with E-state index in [1.807, 2.05) is 0 Å². The van der Waals surface area contributed by atoms with Crippen LogP contribution in [0.25, 0.3) is 0 Å². The van der Waals surface area contributed by atoms with Gasteiger partial charge in [0.1, 0.15) is 0 Å². The number of nitrogens with one attached hydrogen (secondary N) is 1. The van der Waals surface area contributed by atoms with Crippen LogP contribution in [-0.4, -0.2) is 41.0 Å². The Kier molecular flexibility index (Phi) is 5.18. The molecule has 0 aromatic heterocycles. The van der Waals surface area contributed by atoms with Crippen LogP contribution in [0.15, 0.2) is 24.3 Å². The number of carbonyl (C=O) groups is 2. The fourth-order valence-corrected chi connectivity index (χ4v) is 2.65. The maximum absolute atomic E-state index is 13.1. The van der Waals surface area contributed by atoms with E-state index in [2.05, 4.69) is 5.32 Å². The second kappa shape index (κ2) is 6.93. The molecule has 0 aliphatic heterocycles. The number of nitrogens with zero attached hydrogens (tertiary/aromatic N) is 1. The van der Waals surface area contributed by atoms with Crippen LogP contribution in [-0.2, 0) is 6.54 Å². The number of urea groups is 1. The van der Waals surface area contributed by atoms with Gasteiger partial charge in [-0.15, -0.1) is 0 Å². The number of alkyl halides is 2. The molecule has 1 fully saturated rings. The van der Waals surface area contributed by atoms with E-state index < -0.39 is 11.9 Å². The summed E-state index contributed by atoms with van der Waals surface area (Å²) in [5.74, 6) is -3.62. The van der Waals surface area contributed by atoms with Crippen molar-refractivity contribution in [2.24, 2.45) is 0 Å². The van der Waals surface area contributed by atoms with Gasteiger partial charge in [-0.3, -0.25) is 0 Å². The number of carbonyl (C=O) groups excluding carboxylic acids is 1. The minimum atomic E-state index is -2.61. The molecule has 0 saturated heterocycles. The Morgan fingerprint density at radius 2 is 1.83 bits per heavy atom. The van der Waals surface area contributed by atoms with Crippen LogP contribution in [0.5, 0.6) is 0 Å². The van der Waals surface area contributed by atoms with E-state index >= 15 is 0 Å². The molecule has 5 nitrogen and oxygen atoms in total. The van der Waals surface area contributed by atoms with Crippen molar-refractivity contribution < 1.29 is 23.5 Å². The van der Waals surface area contributed by atoms with Gasteiger partial charge in [0.2, 0.25) is 5.92 Å². The minimum absolute atomic E-state index is 0.177. The maximum Gasteiger partial charge on any atom is 0.335 e. The van der Waals surface area contributed by atoms with Crippen molar-refractivity contribution in [3.63, 3.8) is 0 Å². The second-order valence-electron chi connectivity index (χ2n) is 5.86. The first kappa shape index (κ1) is 17.2. The quantitative estimate of drug-likeness (QED) is 0.893. The Balaban J connectivity index is 1.83. The molecule has 0 unspecified atom stereocenters. The van der Waals surface area contributed by atoms with Crippen molar-refractivity contribution >= 4 is 12.0 Å². The number of rotatable bonds is 4. The third-order valence-electron chi connectivity index (χ3n) is 4.20. The van der Waals surface area contributed by atoms with Gasteiger partial charge >= 0.3 is 12.0 Å². The molecule has 2 N–H and O–H groups in total. The molecule has 1 aliphatic carbocycles. The standard InChI is InChI=1S/C16H20F2N2O3/c1-20(13-6-8-16(17,18)9-7-13)15(23)19-10-11-2-4-12(5-3-11)14(21)22/h2-5,13H,6-10H2,1H3,(H,19,23)(H,21,22). The van der Waals surface area contributed by atoms with Gasteiger partial charge in [0.15, 0.2) is 0 Å². The second-order valence-corrected chi connectivity index (χ2v) is 5.86. The van der Waals surface area contributed by atoms with Gasteiger partial charge in [-0.1, -0.05) is 12.1 Å². The largest absolute Gasteiger partial charge is 0.478 e. The van der Waals surface area contributed by atoms with Gasteiger partial charge in [-0.2, -0.15) is 0 Å². The van der Waals surface area contributed by atoms with Crippen molar-refractivity contribution in [2.75, 3.05) is 7.05 Å². The first-order valence-corrected chi connectivity index (χ1v) is 7.49. The first-order chi connectivity index (χ1) is 10.8. The van der Waals surface area contributed by atoms with Crippen LogP contribution >= 0.6 is 0 Å². The summed E-state index contributed by atoms with van der Waals surface area (Å²) < 4.78 is 26.3. The van der Waals surface area contributed by atoms with Gasteiger partial charge in [0, 0.05) is 32.5 Å². The van der Waals surface area contributed by atoms with Gasteiger partial charge in [0.05, 0.1) is 5.56 Å². The summed E-state index contributed by atoms with van der Waals surface area (Å²) in [6.45, 7) is 0.256. The maximum atomic E-state index is 13.1. The zero-order valence-corrected chi connectivity index (χ0v) is 12.9. The number of amides is 2. The van der Waals surface area contributed by atoms with E-state index in [4.69, 9.17) is 5.11 Å². The number of carboxylic acids is 1. The highest BCUT2D eigenvalue weighted by molar-refractivity contribution is 5.87. The smallest absolute Gasteiger partial charge is 0.335 e. The van der Waals surface area contributed by atoms with E-state index in [0.717, 1.165) is 5.56 Å². The Bertz CT molecular complexity index is 565. The molecule has 2 rings (SSSR count). The van der Waals surface area contributed by atoms with Crippen molar-refractivity contribution in [1.29, 1.82) is 0 Å². The average Bonchev–Trinajstić information content (AvgIpc) is 2.52. The molecule has 1 aliphatic rings. The molecule has 0 atom stereocenters. The normalized spacial score (nSPS) is 17.5. The first-order valence-electron chi connectivity index (χ1n) is 7.49. The molecule has 0 heterocycles. The SMILES string of the molecule is CN(C(=O)NCc1ccc(C(=O)O)cc1)C1CCC(F)(F)CC1. The summed E-state index contributed by atoms with van der Waals surface area (Å²) in [5.41, 5.74) is 0.951. The van der Waals surface area contributed by atoms with Crippen LogP contribution in [0.2, 0.25) is 0 Å². The predicted molar refractivity (Wildman–Crippen MR) is 80.6 cm³/mol. The van der Waals surface area contributed by atoms with E-state index in [1.165, 1.54) is 17.0 Å². The van der Waals surface area contributed by atoms with Crippen molar-refractivity contribution in [3.8, 4) is 0 Å². The average molecular weight is 326 g/mol. The molecule has 0 spiro atoms. The summed E-state index contributed by atoms with van der Waals surface area (Å²) in [4.78, 5) is 24.3. The molecule has 2 amide bonds. The lowest BCUT2D eigenvalue weighted by atomic mass is 9.91. The molecule has 1 aromatic rings. The Morgan fingerprint density at radius 3 is 2.35 bits per heavy atom. The molecular formula is C16H20F2N2O3. The van der Waals surface area contributed by atoms with Crippen LogP contribution in [0.4, 0.5) is 13.6 Å². The molecule has 23 heavy (non-hydrogen) atoms. The molecule has 0 bridgehead atoms. The van der Waals surface area contributed by atoms with Gasteiger partial charge in [-0.25, -0.2) is 18.4 Å². The number of hydrogen-bond acceptors (Lipinski definition) is 2. The summed E-state index contributed by atoms with van der Waals surface area (Å²) in [6.07, 6.45) is 0.215. The molecule has 0 radical (unpaired) electrons. The van der Waals surface area contributed by atoms with Crippen LogP contribution in [0.3, 0.4) is 0 Å².